The van der Waals surface area contributed by atoms with Crippen LogP contribution in [0.2, 0.25) is 0 Å². The summed E-state index contributed by atoms with van der Waals surface area (Å²) in [4.78, 5) is 16.4. The molecule has 2 rings (SSSR count). The average molecular weight is 261 g/mol. The Morgan fingerprint density at radius 1 is 1.32 bits per heavy atom. The lowest BCUT2D eigenvalue weighted by Crippen LogP contribution is -2.34. The summed E-state index contributed by atoms with van der Waals surface area (Å²) in [6.07, 6.45) is 4.39. The van der Waals surface area contributed by atoms with Crippen LogP contribution in [-0.4, -0.2) is 23.5 Å². The number of amides is 1. The van der Waals surface area contributed by atoms with E-state index in [1.165, 1.54) is 0 Å². The molecular formula is C15H23N3O. The highest BCUT2D eigenvalue weighted by molar-refractivity contribution is 5.95. The Hall–Kier alpha value is -1.42. The number of carbonyl (C=O) groups excluding carboxylic acids is 1. The van der Waals surface area contributed by atoms with E-state index in [2.05, 4.69) is 10.3 Å². The van der Waals surface area contributed by atoms with Crippen molar-refractivity contribution in [3.63, 3.8) is 0 Å². The molecule has 0 aromatic carbocycles. The molecule has 4 heteroatoms. The molecule has 4 nitrogen and oxygen atoms in total. The van der Waals surface area contributed by atoms with Crippen LogP contribution in [-0.2, 0) is 0 Å². The molecule has 3 N–H and O–H groups in total. The van der Waals surface area contributed by atoms with Gasteiger partial charge in [0.2, 0.25) is 0 Å². The maximum Gasteiger partial charge on any atom is 0.253 e. The molecule has 0 unspecified atom stereocenters. The van der Waals surface area contributed by atoms with Crippen molar-refractivity contribution in [1.29, 1.82) is 0 Å². The number of nitrogens with two attached hydrogens (primary N) is 1. The van der Waals surface area contributed by atoms with Crippen LogP contribution in [0.25, 0.3) is 0 Å². The number of carbonyl (C=O) groups is 1. The molecular weight excluding hydrogens is 238 g/mol. The summed E-state index contributed by atoms with van der Waals surface area (Å²) < 4.78 is 0. The highest BCUT2D eigenvalue weighted by atomic mass is 16.1. The van der Waals surface area contributed by atoms with E-state index in [1.807, 2.05) is 26.0 Å². The maximum absolute atomic E-state index is 12.1. The van der Waals surface area contributed by atoms with Gasteiger partial charge in [-0.15, -0.1) is 0 Å². The van der Waals surface area contributed by atoms with Gasteiger partial charge in [0.15, 0.2) is 0 Å². The van der Waals surface area contributed by atoms with Gasteiger partial charge >= 0.3 is 0 Å². The van der Waals surface area contributed by atoms with Gasteiger partial charge in [-0.25, -0.2) is 0 Å². The normalized spacial score (nSPS) is 23.1. The maximum atomic E-state index is 12.1. The second-order valence-corrected chi connectivity index (χ2v) is 5.58. The van der Waals surface area contributed by atoms with Crippen molar-refractivity contribution in [2.75, 3.05) is 6.54 Å². The summed E-state index contributed by atoms with van der Waals surface area (Å²) in [6, 6.07) is 4.08. The Balaban J connectivity index is 1.87. The van der Waals surface area contributed by atoms with Gasteiger partial charge in [-0.3, -0.25) is 9.78 Å². The highest BCUT2D eigenvalue weighted by Gasteiger charge is 2.19. The average Bonchev–Trinajstić information content (AvgIpc) is 2.37. The monoisotopic (exact) mass is 261 g/mol. The minimum atomic E-state index is -0.0140. The Kier molecular flexibility index (Phi) is 4.53. The van der Waals surface area contributed by atoms with E-state index in [0.29, 0.717) is 17.5 Å². The molecule has 1 heterocycles. The standard InChI is InChI=1S/C15H23N3O/c1-10-3-8-14(11(2)18-10)15(19)17-9-12-4-6-13(16)7-5-12/h3,8,12-13H,4-7,9,16H2,1-2H3,(H,17,19). The number of nitrogens with zero attached hydrogens (tertiary/aromatic N) is 1. The van der Waals surface area contributed by atoms with Crippen LogP contribution in [0.4, 0.5) is 0 Å². The zero-order valence-electron chi connectivity index (χ0n) is 11.8. The van der Waals surface area contributed by atoms with Crippen molar-refractivity contribution in [2.45, 2.75) is 45.6 Å². The van der Waals surface area contributed by atoms with Gasteiger partial charge in [0.1, 0.15) is 0 Å². The van der Waals surface area contributed by atoms with E-state index in [4.69, 9.17) is 5.73 Å². The van der Waals surface area contributed by atoms with Crippen molar-refractivity contribution in [3.05, 3.63) is 29.1 Å². The van der Waals surface area contributed by atoms with Gasteiger partial charge in [-0.2, -0.15) is 0 Å². The van der Waals surface area contributed by atoms with Gasteiger partial charge in [0.05, 0.1) is 11.3 Å². The molecule has 1 aromatic heterocycles. The topological polar surface area (TPSA) is 68.0 Å². The number of pyridine rings is 1. The lowest BCUT2D eigenvalue weighted by atomic mass is 9.86. The first-order valence-electron chi connectivity index (χ1n) is 7.04. The Morgan fingerprint density at radius 2 is 2.00 bits per heavy atom. The second-order valence-electron chi connectivity index (χ2n) is 5.58. The Morgan fingerprint density at radius 3 is 2.63 bits per heavy atom. The van der Waals surface area contributed by atoms with E-state index in [9.17, 15) is 4.79 Å². The van der Waals surface area contributed by atoms with Crippen LogP contribution < -0.4 is 11.1 Å². The molecule has 0 aliphatic heterocycles. The fourth-order valence-corrected chi connectivity index (χ4v) is 2.65. The number of hydrogen-bond acceptors (Lipinski definition) is 3. The zero-order valence-corrected chi connectivity index (χ0v) is 11.8. The Labute approximate surface area is 114 Å². The van der Waals surface area contributed by atoms with Crippen molar-refractivity contribution < 1.29 is 4.79 Å². The lowest BCUT2D eigenvalue weighted by molar-refractivity contribution is 0.0942. The van der Waals surface area contributed by atoms with Crippen molar-refractivity contribution in [3.8, 4) is 0 Å². The van der Waals surface area contributed by atoms with Crippen molar-refractivity contribution in [1.82, 2.24) is 10.3 Å². The van der Waals surface area contributed by atoms with Crippen LogP contribution in [0.1, 0.15) is 47.4 Å². The molecule has 0 spiro atoms. The van der Waals surface area contributed by atoms with E-state index < -0.39 is 0 Å². The molecule has 1 aliphatic rings. The van der Waals surface area contributed by atoms with Crippen molar-refractivity contribution >= 4 is 5.91 Å². The van der Waals surface area contributed by atoms with E-state index in [1.54, 1.807) is 0 Å². The Bertz CT molecular complexity index is 451. The zero-order chi connectivity index (χ0) is 13.8. The van der Waals surface area contributed by atoms with Gasteiger partial charge in [-0.05, 0) is 57.6 Å². The summed E-state index contributed by atoms with van der Waals surface area (Å²) in [5.41, 5.74) is 8.30. The van der Waals surface area contributed by atoms with Gasteiger partial charge < -0.3 is 11.1 Å². The van der Waals surface area contributed by atoms with Crippen LogP contribution >= 0.6 is 0 Å². The minimum Gasteiger partial charge on any atom is -0.352 e. The van der Waals surface area contributed by atoms with Crippen LogP contribution in [0.15, 0.2) is 12.1 Å². The number of hydrogen-bond donors (Lipinski definition) is 2. The van der Waals surface area contributed by atoms with Gasteiger partial charge in [0, 0.05) is 18.3 Å². The fourth-order valence-electron chi connectivity index (χ4n) is 2.65. The first kappa shape index (κ1) is 14.0. The van der Waals surface area contributed by atoms with Gasteiger partial charge in [-0.1, -0.05) is 0 Å². The summed E-state index contributed by atoms with van der Waals surface area (Å²) in [5, 5.41) is 3.02. The molecule has 0 saturated heterocycles. The molecule has 0 bridgehead atoms. The number of nitrogens with one attached hydrogen (secondary N) is 1. The predicted octanol–water partition coefficient (Wildman–Crippen LogP) is 1.95. The predicted molar refractivity (Wildman–Crippen MR) is 76.0 cm³/mol. The number of rotatable bonds is 3. The first-order chi connectivity index (χ1) is 9.06. The van der Waals surface area contributed by atoms with E-state index in [-0.39, 0.29) is 5.91 Å². The molecule has 1 aliphatic carbocycles. The second kappa shape index (κ2) is 6.15. The van der Waals surface area contributed by atoms with Gasteiger partial charge in [0.25, 0.3) is 5.91 Å². The molecule has 1 aromatic rings. The molecule has 104 valence electrons. The van der Waals surface area contributed by atoms with Crippen molar-refractivity contribution in [2.24, 2.45) is 11.7 Å². The molecule has 0 atom stereocenters. The summed E-state index contributed by atoms with van der Waals surface area (Å²) in [5.74, 6) is 0.558. The molecule has 19 heavy (non-hydrogen) atoms. The number of aromatic nitrogens is 1. The van der Waals surface area contributed by atoms with Crippen LogP contribution in [0, 0.1) is 19.8 Å². The fraction of sp³-hybridized carbons (Fsp3) is 0.600. The molecule has 1 fully saturated rings. The molecule has 1 amide bonds. The highest BCUT2D eigenvalue weighted by Crippen LogP contribution is 2.22. The number of aryl methyl sites for hydroxylation is 2. The quantitative estimate of drug-likeness (QED) is 0.873. The third-order valence-electron chi connectivity index (χ3n) is 3.91. The summed E-state index contributed by atoms with van der Waals surface area (Å²) >= 11 is 0. The molecule has 1 saturated carbocycles. The minimum absolute atomic E-state index is 0.0140. The first-order valence-corrected chi connectivity index (χ1v) is 7.04. The van der Waals surface area contributed by atoms with Crippen LogP contribution in [0.3, 0.4) is 0 Å². The van der Waals surface area contributed by atoms with E-state index in [0.717, 1.165) is 43.6 Å². The summed E-state index contributed by atoms with van der Waals surface area (Å²) in [7, 11) is 0. The SMILES string of the molecule is Cc1ccc(C(=O)NCC2CCC(N)CC2)c(C)n1. The third kappa shape index (κ3) is 3.77. The smallest absolute Gasteiger partial charge is 0.253 e. The van der Waals surface area contributed by atoms with E-state index >= 15 is 0 Å². The third-order valence-corrected chi connectivity index (χ3v) is 3.91. The van der Waals surface area contributed by atoms with Crippen LogP contribution in [0.5, 0.6) is 0 Å². The summed E-state index contributed by atoms with van der Waals surface area (Å²) in [6.45, 7) is 4.56. The lowest BCUT2D eigenvalue weighted by Gasteiger charge is -2.26. The largest absolute Gasteiger partial charge is 0.352 e. The molecule has 0 radical (unpaired) electrons.